The first-order chi connectivity index (χ1) is 10.3. The van der Waals surface area contributed by atoms with Gasteiger partial charge in [-0.25, -0.2) is 0 Å². The van der Waals surface area contributed by atoms with Gasteiger partial charge in [-0.2, -0.15) is 0 Å². The molecule has 110 valence electrons. The maximum atomic E-state index is 12.7. The van der Waals surface area contributed by atoms with Gasteiger partial charge in [0.1, 0.15) is 0 Å². The molecule has 0 atom stereocenters. The molecule has 0 bridgehead atoms. The molecule has 1 aliphatic rings. The first-order valence-corrected chi connectivity index (χ1v) is 7.76. The van der Waals surface area contributed by atoms with Gasteiger partial charge in [0, 0.05) is 19.6 Å². The fourth-order valence-electron chi connectivity index (χ4n) is 2.96. The highest BCUT2D eigenvalue weighted by atomic mass is 16.2. The number of carbonyl (C=O) groups excluding carboxylic acids is 1. The maximum absolute atomic E-state index is 12.7. The van der Waals surface area contributed by atoms with E-state index in [-0.39, 0.29) is 5.91 Å². The number of carbonyl (C=O) groups is 1. The summed E-state index contributed by atoms with van der Waals surface area (Å²) in [6, 6.07) is 14.9. The smallest absolute Gasteiger partial charge is 0.227 e. The normalized spacial score (nSPS) is 14.9. The third-order valence-electron chi connectivity index (χ3n) is 4.21. The van der Waals surface area contributed by atoms with Crippen LogP contribution in [0.25, 0.3) is 10.8 Å². The minimum absolute atomic E-state index is 0.250. The first-order valence-electron chi connectivity index (χ1n) is 7.76. The molecule has 0 saturated carbocycles. The molecule has 1 saturated heterocycles. The van der Waals surface area contributed by atoms with Crippen LogP contribution in [0.2, 0.25) is 0 Å². The Hall–Kier alpha value is -1.87. The molecule has 1 aliphatic heterocycles. The summed E-state index contributed by atoms with van der Waals surface area (Å²) < 4.78 is 0. The number of hydrogen-bond donors (Lipinski definition) is 1. The summed E-state index contributed by atoms with van der Waals surface area (Å²) in [6.07, 6.45) is 1.51. The van der Waals surface area contributed by atoms with Crippen molar-refractivity contribution in [3.8, 4) is 0 Å². The average molecular weight is 282 g/mol. The Labute approximate surface area is 125 Å². The quantitative estimate of drug-likeness (QED) is 0.914. The Balaban J connectivity index is 1.81. The van der Waals surface area contributed by atoms with Gasteiger partial charge in [0.2, 0.25) is 5.91 Å². The molecular weight excluding hydrogens is 260 g/mol. The van der Waals surface area contributed by atoms with Gasteiger partial charge in [-0.3, -0.25) is 4.79 Å². The summed E-state index contributed by atoms with van der Waals surface area (Å²) in [6.45, 7) is 4.85. The average Bonchev–Trinajstić information content (AvgIpc) is 2.45. The van der Waals surface area contributed by atoms with Crippen LogP contribution in [-0.2, 0) is 11.2 Å². The van der Waals surface area contributed by atoms with Gasteiger partial charge in [0.05, 0.1) is 12.5 Å². The van der Waals surface area contributed by atoms with E-state index in [1.165, 1.54) is 10.8 Å². The Morgan fingerprint density at radius 3 is 2.67 bits per heavy atom. The molecule has 0 aromatic heterocycles. The van der Waals surface area contributed by atoms with Crippen molar-refractivity contribution < 1.29 is 4.79 Å². The van der Waals surface area contributed by atoms with Crippen LogP contribution in [0, 0.1) is 0 Å². The second kappa shape index (κ2) is 6.27. The largest absolute Gasteiger partial charge is 0.337 e. The van der Waals surface area contributed by atoms with Crippen molar-refractivity contribution in [2.75, 3.05) is 19.6 Å². The summed E-state index contributed by atoms with van der Waals surface area (Å²) in [5.41, 5.74) is 1.13. The van der Waals surface area contributed by atoms with Crippen LogP contribution in [0.5, 0.6) is 0 Å². The monoisotopic (exact) mass is 282 g/mol. The molecule has 0 aliphatic carbocycles. The van der Waals surface area contributed by atoms with Gasteiger partial charge in [-0.05, 0) is 22.8 Å². The van der Waals surface area contributed by atoms with E-state index >= 15 is 0 Å². The topological polar surface area (TPSA) is 32.3 Å². The van der Waals surface area contributed by atoms with Crippen molar-refractivity contribution >= 4 is 16.7 Å². The second-order valence-corrected chi connectivity index (χ2v) is 5.71. The van der Waals surface area contributed by atoms with Gasteiger partial charge in [0.25, 0.3) is 0 Å². The maximum Gasteiger partial charge on any atom is 0.227 e. The minimum atomic E-state index is 0.250. The Morgan fingerprint density at radius 2 is 1.95 bits per heavy atom. The lowest BCUT2D eigenvalue weighted by Gasteiger charge is -2.38. The van der Waals surface area contributed by atoms with Crippen molar-refractivity contribution in [2.45, 2.75) is 25.8 Å². The van der Waals surface area contributed by atoms with E-state index in [9.17, 15) is 4.79 Å². The van der Waals surface area contributed by atoms with Crippen LogP contribution >= 0.6 is 0 Å². The lowest BCUT2D eigenvalue weighted by molar-refractivity contribution is -0.133. The molecule has 3 heteroatoms. The zero-order valence-corrected chi connectivity index (χ0v) is 12.5. The molecule has 1 amide bonds. The molecule has 2 aromatic carbocycles. The minimum Gasteiger partial charge on any atom is -0.337 e. The van der Waals surface area contributed by atoms with Gasteiger partial charge < -0.3 is 10.2 Å². The third-order valence-corrected chi connectivity index (χ3v) is 4.21. The SMILES string of the molecule is CCCN(C(=O)Cc1cccc2ccccc12)C1CNC1. The van der Waals surface area contributed by atoms with Crippen LogP contribution in [-0.4, -0.2) is 36.5 Å². The third kappa shape index (κ3) is 2.93. The Kier molecular flexibility index (Phi) is 4.20. The Morgan fingerprint density at radius 1 is 1.19 bits per heavy atom. The van der Waals surface area contributed by atoms with E-state index in [0.29, 0.717) is 12.5 Å². The van der Waals surface area contributed by atoms with Crippen LogP contribution in [0.15, 0.2) is 42.5 Å². The summed E-state index contributed by atoms with van der Waals surface area (Å²) in [5, 5.41) is 5.65. The number of rotatable bonds is 5. The number of nitrogens with one attached hydrogen (secondary N) is 1. The van der Waals surface area contributed by atoms with E-state index in [1.807, 2.05) is 18.2 Å². The van der Waals surface area contributed by atoms with Crippen molar-refractivity contribution in [2.24, 2.45) is 0 Å². The molecule has 3 nitrogen and oxygen atoms in total. The molecular formula is C18H22N2O. The predicted molar refractivity (Wildman–Crippen MR) is 86.3 cm³/mol. The van der Waals surface area contributed by atoms with Crippen LogP contribution in [0.3, 0.4) is 0 Å². The molecule has 1 heterocycles. The van der Waals surface area contributed by atoms with Gasteiger partial charge in [-0.1, -0.05) is 49.4 Å². The molecule has 2 aromatic rings. The molecule has 0 unspecified atom stereocenters. The molecule has 1 fully saturated rings. The highest BCUT2D eigenvalue weighted by molar-refractivity contribution is 5.90. The zero-order valence-electron chi connectivity index (χ0n) is 12.5. The fourth-order valence-corrected chi connectivity index (χ4v) is 2.96. The highest BCUT2D eigenvalue weighted by Gasteiger charge is 2.27. The van der Waals surface area contributed by atoms with Crippen molar-refractivity contribution in [3.63, 3.8) is 0 Å². The first kappa shape index (κ1) is 14.1. The molecule has 0 spiro atoms. The second-order valence-electron chi connectivity index (χ2n) is 5.71. The molecule has 1 N–H and O–H groups in total. The zero-order chi connectivity index (χ0) is 14.7. The number of fused-ring (bicyclic) bond motifs is 1. The number of hydrogen-bond acceptors (Lipinski definition) is 2. The van der Waals surface area contributed by atoms with Crippen molar-refractivity contribution in [3.05, 3.63) is 48.0 Å². The van der Waals surface area contributed by atoms with Crippen LogP contribution < -0.4 is 5.32 Å². The van der Waals surface area contributed by atoms with E-state index in [4.69, 9.17) is 0 Å². The summed E-state index contributed by atoms with van der Waals surface area (Å²) >= 11 is 0. The summed E-state index contributed by atoms with van der Waals surface area (Å²) in [7, 11) is 0. The number of benzene rings is 2. The van der Waals surface area contributed by atoms with E-state index in [0.717, 1.165) is 31.6 Å². The van der Waals surface area contributed by atoms with Gasteiger partial charge >= 0.3 is 0 Å². The summed E-state index contributed by atoms with van der Waals surface area (Å²) in [5.74, 6) is 0.250. The molecule has 0 radical (unpaired) electrons. The predicted octanol–water partition coefficient (Wildman–Crippen LogP) is 2.59. The standard InChI is InChI=1S/C18H22N2O/c1-2-10-20(16-12-19-13-16)18(21)11-15-8-5-7-14-6-3-4-9-17(14)15/h3-9,16,19H,2,10-13H2,1H3. The van der Waals surface area contributed by atoms with E-state index in [1.54, 1.807) is 0 Å². The van der Waals surface area contributed by atoms with Gasteiger partial charge in [0.15, 0.2) is 0 Å². The van der Waals surface area contributed by atoms with Crippen molar-refractivity contribution in [1.82, 2.24) is 10.2 Å². The van der Waals surface area contributed by atoms with E-state index < -0.39 is 0 Å². The fraction of sp³-hybridized carbons (Fsp3) is 0.389. The number of amides is 1. The van der Waals surface area contributed by atoms with Crippen molar-refractivity contribution in [1.29, 1.82) is 0 Å². The Bertz CT molecular complexity index is 629. The number of nitrogens with zero attached hydrogens (tertiary/aromatic N) is 1. The highest BCUT2D eigenvalue weighted by Crippen LogP contribution is 2.20. The lowest BCUT2D eigenvalue weighted by atomic mass is 10.0. The molecule has 21 heavy (non-hydrogen) atoms. The summed E-state index contributed by atoms with van der Waals surface area (Å²) in [4.78, 5) is 14.7. The lowest BCUT2D eigenvalue weighted by Crippen LogP contribution is -2.59. The van der Waals surface area contributed by atoms with E-state index in [2.05, 4.69) is 41.4 Å². The van der Waals surface area contributed by atoms with Crippen LogP contribution in [0.1, 0.15) is 18.9 Å². The van der Waals surface area contributed by atoms with Gasteiger partial charge in [-0.15, -0.1) is 0 Å². The van der Waals surface area contributed by atoms with Crippen LogP contribution in [0.4, 0.5) is 0 Å². The molecule has 3 rings (SSSR count).